The van der Waals surface area contributed by atoms with Gasteiger partial charge in [-0.1, -0.05) is 13.8 Å². The van der Waals surface area contributed by atoms with E-state index in [0.717, 1.165) is 6.29 Å². The van der Waals surface area contributed by atoms with E-state index in [1.54, 1.807) is 14.2 Å². The number of carbonyl (C=O) groups excluding carboxylic acids is 1. The maximum atomic E-state index is 10.5. The summed E-state index contributed by atoms with van der Waals surface area (Å²) < 4.78 is 10.1. The molecule has 0 radical (unpaired) electrons. The van der Waals surface area contributed by atoms with Crippen LogP contribution in [0, 0.1) is 0 Å². The van der Waals surface area contributed by atoms with Crippen molar-refractivity contribution in [2.45, 2.75) is 18.9 Å². The maximum Gasteiger partial charge on any atom is 0.334 e. The summed E-state index contributed by atoms with van der Waals surface area (Å²) >= 11 is 0. The summed E-state index contributed by atoms with van der Waals surface area (Å²) in [6, 6.07) is 0. The maximum absolute atomic E-state index is 10.5. The second kappa shape index (κ2) is 3.85. The van der Waals surface area contributed by atoms with Crippen LogP contribution in [0.3, 0.4) is 0 Å². The van der Waals surface area contributed by atoms with Crippen molar-refractivity contribution in [1.29, 1.82) is 0 Å². The number of hydrogen-bond acceptors (Lipinski definition) is 3. The van der Waals surface area contributed by atoms with Gasteiger partial charge in [-0.05, 0) is 0 Å². The van der Waals surface area contributed by atoms with E-state index in [1.165, 1.54) is 0 Å². The predicted octanol–water partition coefficient (Wildman–Crippen LogP) is 0.479. The summed E-state index contributed by atoms with van der Waals surface area (Å²) in [5, 5.41) is -0.427. The van der Waals surface area contributed by atoms with Crippen molar-refractivity contribution in [1.82, 2.24) is 0 Å². The first-order chi connectivity index (χ1) is 4.58. The highest BCUT2D eigenvalue weighted by atomic mass is 28.3. The minimum absolute atomic E-state index is 0.427. The van der Waals surface area contributed by atoms with Crippen molar-refractivity contribution in [3.05, 3.63) is 0 Å². The summed E-state index contributed by atoms with van der Waals surface area (Å²) in [4.78, 5) is 10.5. The van der Waals surface area contributed by atoms with Crippen molar-refractivity contribution in [3.63, 3.8) is 0 Å². The fourth-order valence-corrected chi connectivity index (χ4v) is 2.28. The zero-order valence-corrected chi connectivity index (χ0v) is 8.03. The SMILES string of the molecule is CO[SiH](OC)C(C)(C)C=O. The van der Waals surface area contributed by atoms with E-state index >= 15 is 0 Å². The molecule has 0 rings (SSSR count). The number of hydrogen-bond donors (Lipinski definition) is 0. The Labute approximate surface area is 63.2 Å². The van der Waals surface area contributed by atoms with Crippen LogP contribution in [0.5, 0.6) is 0 Å². The van der Waals surface area contributed by atoms with Crippen LogP contribution in [0.1, 0.15) is 13.8 Å². The topological polar surface area (TPSA) is 35.5 Å². The van der Waals surface area contributed by atoms with E-state index in [9.17, 15) is 4.79 Å². The van der Waals surface area contributed by atoms with E-state index in [0.29, 0.717) is 0 Å². The van der Waals surface area contributed by atoms with Crippen LogP contribution in [0.25, 0.3) is 0 Å². The molecule has 0 fully saturated rings. The van der Waals surface area contributed by atoms with Crippen molar-refractivity contribution in [2.24, 2.45) is 0 Å². The monoisotopic (exact) mass is 162 g/mol. The molecule has 0 spiro atoms. The molecule has 0 aromatic carbocycles. The van der Waals surface area contributed by atoms with Crippen LogP contribution in [0.4, 0.5) is 0 Å². The van der Waals surface area contributed by atoms with Gasteiger partial charge in [-0.2, -0.15) is 0 Å². The molecule has 0 aliphatic rings. The van der Waals surface area contributed by atoms with Gasteiger partial charge in [0.2, 0.25) is 0 Å². The minimum atomic E-state index is -1.77. The van der Waals surface area contributed by atoms with Gasteiger partial charge in [0.25, 0.3) is 0 Å². The molecule has 60 valence electrons. The molecule has 0 bridgehead atoms. The van der Waals surface area contributed by atoms with Gasteiger partial charge in [0.1, 0.15) is 6.29 Å². The summed E-state index contributed by atoms with van der Waals surface area (Å²) in [5.74, 6) is 0. The Hall–Kier alpha value is -0.193. The summed E-state index contributed by atoms with van der Waals surface area (Å²) in [6.07, 6.45) is 0.886. The van der Waals surface area contributed by atoms with Gasteiger partial charge >= 0.3 is 9.28 Å². The van der Waals surface area contributed by atoms with Crippen LogP contribution >= 0.6 is 0 Å². The van der Waals surface area contributed by atoms with E-state index in [4.69, 9.17) is 8.85 Å². The Kier molecular flexibility index (Phi) is 3.78. The molecule has 0 heterocycles. The molecule has 0 atom stereocenters. The molecule has 0 aromatic heterocycles. The summed E-state index contributed by atoms with van der Waals surface area (Å²) in [5.41, 5.74) is 0. The second-order valence-corrected chi connectivity index (χ2v) is 5.84. The van der Waals surface area contributed by atoms with Crippen molar-refractivity contribution in [2.75, 3.05) is 14.2 Å². The number of rotatable bonds is 4. The molecule has 3 nitrogen and oxygen atoms in total. The van der Waals surface area contributed by atoms with E-state index in [-0.39, 0.29) is 0 Å². The van der Waals surface area contributed by atoms with Gasteiger partial charge in [-0.25, -0.2) is 0 Å². The van der Waals surface area contributed by atoms with Gasteiger partial charge in [0, 0.05) is 14.2 Å². The minimum Gasteiger partial charge on any atom is -0.399 e. The normalized spacial score (nSPS) is 12.1. The standard InChI is InChI=1S/C6H14O3Si/c1-6(2,5-7)10(8-3)9-4/h5,10H,1-4H3. The van der Waals surface area contributed by atoms with Crippen molar-refractivity contribution in [3.8, 4) is 0 Å². The molecular formula is C6H14O3Si. The highest BCUT2D eigenvalue weighted by Crippen LogP contribution is 2.24. The van der Waals surface area contributed by atoms with E-state index in [2.05, 4.69) is 0 Å². The van der Waals surface area contributed by atoms with Crippen LogP contribution in [-0.4, -0.2) is 29.8 Å². The largest absolute Gasteiger partial charge is 0.399 e. The Morgan fingerprint density at radius 1 is 1.30 bits per heavy atom. The Morgan fingerprint density at radius 3 is 1.80 bits per heavy atom. The van der Waals surface area contributed by atoms with E-state index in [1.807, 2.05) is 13.8 Å². The van der Waals surface area contributed by atoms with Gasteiger partial charge in [-0.15, -0.1) is 0 Å². The molecular weight excluding hydrogens is 148 g/mol. The molecule has 4 heteroatoms. The Morgan fingerprint density at radius 2 is 1.70 bits per heavy atom. The van der Waals surface area contributed by atoms with Crippen LogP contribution in [0.15, 0.2) is 0 Å². The third-order valence-electron chi connectivity index (χ3n) is 1.34. The highest BCUT2D eigenvalue weighted by Gasteiger charge is 2.32. The molecule has 0 amide bonds. The lowest BCUT2D eigenvalue weighted by atomic mass is 10.2. The molecule has 0 aliphatic carbocycles. The smallest absolute Gasteiger partial charge is 0.334 e. The van der Waals surface area contributed by atoms with E-state index < -0.39 is 14.3 Å². The fourth-order valence-electron chi connectivity index (χ4n) is 0.759. The quantitative estimate of drug-likeness (QED) is 0.445. The van der Waals surface area contributed by atoms with Crippen LogP contribution in [0.2, 0.25) is 5.04 Å². The lowest BCUT2D eigenvalue weighted by Crippen LogP contribution is -2.33. The molecule has 0 saturated carbocycles. The number of carbonyl (C=O) groups is 1. The summed E-state index contributed by atoms with van der Waals surface area (Å²) in [6.45, 7) is 3.65. The average Bonchev–Trinajstić information content (AvgIpc) is 1.90. The van der Waals surface area contributed by atoms with Gasteiger partial charge < -0.3 is 13.6 Å². The first-order valence-electron chi connectivity index (χ1n) is 3.10. The van der Waals surface area contributed by atoms with Gasteiger partial charge in [-0.3, -0.25) is 0 Å². The van der Waals surface area contributed by atoms with Crippen LogP contribution < -0.4 is 0 Å². The summed E-state index contributed by atoms with van der Waals surface area (Å²) in [7, 11) is 1.38. The third kappa shape index (κ3) is 2.21. The Balaban J connectivity index is 4.10. The molecule has 0 unspecified atom stereocenters. The lowest BCUT2D eigenvalue weighted by Gasteiger charge is -2.23. The molecule has 0 aromatic rings. The zero-order valence-electron chi connectivity index (χ0n) is 6.88. The first kappa shape index (κ1) is 9.81. The second-order valence-electron chi connectivity index (χ2n) is 2.74. The predicted molar refractivity (Wildman–Crippen MR) is 41.3 cm³/mol. The fraction of sp³-hybridized carbons (Fsp3) is 0.833. The van der Waals surface area contributed by atoms with Crippen molar-refractivity contribution >= 4 is 15.6 Å². The lowest BCUT2D eigenvalue weighted by molar-refractivity contribution is -0.110. The molecule has 10 heavy (non-hydrogen) atoms. The van der Waals surface area contributed by atoms with Gasteiger partial charge in [0.05, 0.1) is 5.04 Å². The molecule has 0 aliphatic heterocycles. The molecule has 0 N–H and O–H groups in total. The van der Waals surface area contributed by atoms with Gasteiger partial charge in [0.15, 0.2) is 0 Å². The highest BCUT2D eigenvalue weighted by molar-refractivity contribution is 6.52. The third-order valence-corrected chi connectivity index (χ3v) is 3.55. The Bertz CT molecular complexity index is 110. The van der Waals surface area contributed by atoms with Crippen molar-refractivity contribution < 1.29 is 13.6 Å². The number of aldehydes is 1. The average molecular weight is 162 g/mol. The van der Waals surface area contributed by atoms with Crippen LogP contribution in [-0.2, 0) is 13.6 Å². The zero-order chi connectivity index (χ0) is 8.20. The first-order valence-corrected chi connectivity index (χ1v) is 4.62. The molecule has 0 saturated heterocycles.